The van der Waals surface area contributed by atoms with Crippen molar-refractivity contribution in [3.05, 3.63) is 47.2 Å². The number of nitrogens with one attached hydrogen (secondary N) is 2. The Morgan fingerprint density at radius 1 is 1.21 bits per heavy atom. The minimum Gasteiger partial charge on any atom is -0.379 e. The fourth-order valence-corrected chi connectivity index (χ4v) is 5.20. The average molecular weight is 601 g/mol. The van der Waals surface area contributed by atoms with E-state index >= 15 is 0 Å². The van der Waals surface area contributed by atoms with E-state index in [-0.39, 0.29) is 48.4 Å². The molecular formula is C26H29F5N6O5. The number of halogens is 5. The lowest BCUT2D eigenvalue weighted by atomic mass is 9.80. The predicted octanol–water partition coefficient (Wildman–Crippen LogP) is 3.75. The second kappa shape index (κ2) is 11.2. The molecular weight excluding hydrogens is 571 g/mol. The van der Waals surface area contributed by atoms with Crippen LogP contribution < -0.4 is 10.6 Å². The fraction of sp³-hybridized carbons (Fsp3) is 0.577. The van der Waals surface area contributed by atoms with Gasteiger partial charge in [-0.15, -0.1) is 0 Å². The molecule has 228 valence electrons. The first-order valence-electron chi connectivity index (χ1n) is 13.3. The number of ether oxygens (including phenoxy) is 1. The van der Waals surface area contributed by atoms with E-state index in [1.165, 1.54) is 29.2 Å². The number of hydrogen-bond acceptors (Lipinski definition) is 8. The summed E-state index contributed by atoms with van der Waals surface area (Å²) in [5, 5.41) is 23.5. The van der Waals surface area contributed by atoms with Crippen LogP contribution in [0.1, 0.15) is 85.0 Å². The highest BCUT2D eigenvalue weighted by Crippen LogP contribution is 2.42. The molecule has 1 aliphatic carbocycles. The third-order valence-electron chi connectivity index (χ3n) is 7.67. The van der Waals surface area contributed by atoms with Crippen LogP contribution in [0.2, 0.25) is 0 Å². The fourth-order valence-electron chi connectivity index (χ4n) is 5.20. The summed E-state index contributed by atoms with van der Waals surface area (Å²) in [6.07, 6.45) is -4.89. The molecule has 0 radical (unpaired) electrons. The predicted molar refractivity (Wildman–Crippen MR) is 133 cm³/mol. The van der Waals surface area contributed by atoms with Crippen molar-refractivity contribution in [3.8, 4) is 0 Å². The van der Waals surface area contributed by atoms with Crippen molar-refractivity contribution in [1.29, 1.82) is 0 Å². The van der Waals surface area contributed by atoms with E-state index in [2.05, 4.69) is 25.9 Å². The molecule has 2 aliphatic rings. The van der Waals surface area contributed by atoms with Crippen molar-refractivity contribution in [1.82, 2.24) is 30.4 Å². The lowest BCUT2D eigenvalue weighted by Crippen LogP contribution is -2.46. The van der Waals surface area contributed by atoms with Gasteiger partial charge < -0.3 is 25.0 Å². The van der Waals surface area contributed by atoms with E-state index < -0.39 is 54.4 Å². The van der Waals surface area contributed by atoms with Gasteiger partial charge in [-0.1, -0.05) is 5.16 Å². The van der Waals surface area contributed by atoms with Crippen LogP contribution in [-0.2, 0) is 14.9 Å². The number of aliphatic hydroxyl groups is 1. The Kier molecular flexibility index (Phi) is 7.96. The van der Waals surface area contributed by atoms with Gasteiger partial charge in [0.25, 0.3) is 5.91 Å². The molecule has 1 aliphatic heterocycles. The molecule has 1 saturated carbocycles. The number of hydrogen-bond donors (Lipinski definition) is 3. The molecule has 2 fully saturated rings. The Balaban J connectivity index is 1.37. The van der Waals surface area contributed by atoms with Gasteiger partial charge in [0.15, 0.2) is 11.9 Å². The summed E-state index contributed by atoms with van der Waals surface area (Å²) < 4.78 is 76.9. The van der Waals surface area contributed by atoms with Gasteiger partial charge in [-0.25, -0.2) is 18.3 Å². The zero-order valence-electron chi connectivity index (χ0n) is 22.5. The number of imidazole rings is 1. The first-order valence-corrected chi connectivity index (χ1v) is 13.3. The van der Waals surface area contributed by atoms with Gasteiger partial charge in [0, 0.05) is 24.8 Å². The van der Waals surface area contributed by atoms with Crippen LogP contribution in [0.5, 0.6) is 0 Å². The van der Waals surface area contributed by atoms with Crippen LogP contribution in [-0.4, -0.2) is 62.0 Å². The van der Waals surface area contributed by atoms with Crippen LogP contribution in [0.25, 0.3) is 5.65 Å². The molecule has 11 nitrogen and oxygen atoms in total. The highest BCUT2D eigenvalue weighted by atomic mass is 19.4. The summed E-state index contributed by atoms with van der Waals surface area (Å²) in [5.74, 6) is -4.72. The Bertz CT molecular complexity index is 1440. The molecule has 3 aromatic rings. The second-order valence-corrected chi connectivity index (χ2v) is 11.1. The zero-order chi connectivity index (χ0) is 30.3. The molecule has 0 spiro atoms. The Hall–Kier alpha value is -3.66. The molecule has 2 atom stereocenters. The van der Waals surface area contributed by atoms with Crippen LogP contribution in [0, 0.1) is 5.92 Å². The molecule has 3 aromatic heterocycles. The summed E-state index contributed by atoms with van der Waals surface area (Å²) in [5.41, 5.74) is 0.685. The van der Waals surface area contributed by atoms with E-state index in [4.69, 9.17) is 9.26 Å². The maximum absolute atomic E-state index is 14.0. The van der Waals surface area contributed by atoms with E-state index in [1.54, 1.807) is 0 Å². The number of nitrogens with zero attached hydrogens (tertiary/aromatic N) is 4. The molecule has 16 heteroatoms. The third kappa shape index (κ3) is 6.53. The van der Waals surface area contributed by atoms with Crippen molar-refractivity contribution in [2.45, 2.75) is 75.2 Å². The van der Waals surface area contributed by atoms with Gasteiger partial charge >= 0.3 is 6.18 Å². The largest absolute Gasteiger partial charge is 0.389 e. The van der Waals surface area contributed by atoms with Crippen molar-refractivity contribution in [2.24, 2.45) is 5.92 Å². The van der Waals surface area contributed by atoms with E-state index in [1.807, 2.05) is 6.92 Å². The van der Waals surface area contributed by atoms with Crippen molar-refractivity contribution >= 4 is 17.5 Å². The lowest BCUT2D eigenvalue weighted by Gasteiger charge is -2.37. The SMILES string of the molecule is CC1(c2nocc2C(=O)N[C@H](c2cn3ncc([C@@H](O)NC(=O)CCC(F)(F)F)cc3n2)C2CCC(F)(F)CC2)COC1. The van der Waals surface area contributed by atoms with Crippen LogP contribution in [0.4, 0.5) is 22.0 Å². The smallest absolute Gasteiger partial charge is 0.379 e. The molecule has 4 heterocycles. The number of amides is 2. The van der Waals surface area contributed by atoms with Crippen LogP contribution >= 0.6 is 0 Å². The van der Waals surface area contributed by atoms with Crippen LogP contribution in [0.3, 0.4) is 0 Å². The molecule has 0 unspecified atom stereocenters. The standard InChI is InChI=1S/C26H29F5N6O5/c1-24(12-41-13-24)21-16(11-42-36-21)23(40)35-20(14-2-5-25(27,28)6-3-14)17-10-37-18(33-17)8-15(9-32-37)22(39)34-19(38)4-7-26(29,30)31/h8-11,14,20,22,39H,2-7,12-13H2,1H3,(H,34,38)(H,35,40)/t20-,22+/m0/s1. The van der Waals surface area contributed by atoms with Gasteiger partial charge in [-0.2, -0.15) is 18.3 Å². The third-order valence-corrected chi connectivity index (χ3v) is 7.67. The summed E-state index contributed by atoms with van der Waals surface area (Å²) in [6.45, 7) is 2.59. The summed E-state index contributed by atoms with van der Waals surface area (Å²) in [6, 6.07) is 0.577. The van der Waals surface area contributed by atoms with Crippen molar-refractivity contribution in [2.75, 3.05) is 13.2 Å². The number of carbonyl (C=O) groups is 2. The number of fused-ring (bicyclic) bond motifs is 1. The number of aliphatic hydroxyl groups excluding tert-OH is 1. The summed E-state index contributed by atoms with van der Waals surface area (Å²) in [4.78, 5) is 29.8. The van der Waals surface area contributed by atoms with E-state index in [9.17, 15) is 36.6 Å². The van der Waals surface area contributed by atoms with Gasteiger partial charge in [-0.3, -0.25) is 9.59 Å². The summed E-state index contributed by atoms with van der Waals surface area (Å²) in [7, 11) is 0. The van der Waals surface area contributed by atoms with Gasteiger partial charge in [-0.05, 0) is 31.7 Å². The Morgan fingerprint density at radius 2 is 1.93 bits per heavy atom. The van der Waals surface area contributed by atoms with Gasteiger partial charge in [0.05, 0.1) is 49.2 Å². The summed E-state index contributed by atoms with van der Waals surface area (Å²) >= 11 is 0. The Morgan fingerprint density at radius 3 is 2.57 bits per heavy atom. The molecule has 3 N–H and O–H groups in total. The quantitative estimate of drug-likeness (QED) is 0.249. The monoisotopic (exact) mass is 600 g/mol. The molecule has 2 amide bonds. The Labute approximate surface area is 235 Å². The molecule has 42 heavy (non-hydrogen) atoms. The number of carbonyl (C=O) groups excluding carboxylic acids is 2. The number of alkyl halides is 5. The molecule has 1 saturated heterocycles. The number of aromatic nitrogens is 4. The highest BCUT2D eigenvalue weighted by molar-refractivity contribution is 5.95. The molecule has 0 aromatic carbocycles. The minimum atomic E-state index is -4.52. The maximum Gasteiger partial charge on any atom is 0.389 e. The normalized spacial score (nSPS) is 20.1. The second-order valence-electron chi connectivity index (χ2n) is 11.1. The highest BCUT2D eigenvalue weighted by Gasteiger charge is 2.43. The maximum atomic E-state index is 14.0. The van der Waals surface area contributed by atoms with E-state index in [0.29, 0.717) is 24.6 Å². The molecule has 5 rings (SSSR count). The molecule has 0 bridgehead atoms. The topological polar surface area (TPSA) is 144 Å². The van der Waals surface area contributed by atoms with E-state index in [0.717, 1.165) is 0 Å². The first-order chi connectivity index (χ1) is 19.7. The van der Waals surface area contributed by atoms with Crippen LogP contribution in [0.15, 0.2) is 29.2 Å². The average Bonchev–Trinajstić information content (AvgIpc) is 3.56. The lowest BCUT2D eigenvalue weighted by molar-refractivity contribution is -0.145. The first kappa shape index (κ1) is 29.8. The van der Waals surface area contributed by atoms with Gasteiger partial charge in [0.1, 0.15) is 17.5 Å². The van der Waals surface area contributed by atoms with Crippen molar-refractivity contribution in [3.63, 3.8) is 0 Å². The van der Waals surface area contributed by atoms with Gasteiger partial charge in [0.2, 0.25) is 11.8 Å². The zero-order valence-corrected chi connectivity index (χ0v) is 22.5. The van der Waals surface area contributed by atoms with Crippen molar-refractivity contribution < 1.29 is 45.9 Å². The minimum absolute atomic E-state index is 0.0583. The number of rotatable bonds is 9.